The molecule has 80 valence electrons. The van der Waals surface area contributed by atoms with Gasteiger partial charge in [0.1, 0.15) is 0 Å². The van der Waals surface area contributed by atoms with Crippen LogP contribution in [-0.2, 0) is 4.79 Å². The van der Waals surface area contributed by atoms with E-state index in [0.717, 1.165) is 10.0 Å². The van der Waals surface area contributed by atoms with E-state index in [0.29, 0.717) is 5.56 Å². The van der Waals surface area contributed by atoms with Crippen molar-refractivity contribution in [1.29, 1.82) is 0 Å². The van der Waals surface area contributed by atoms with Gasteiger partial charge in [0.15, 0.2) is 5.78 Å². The van der Waals surface area contributed by atoms with E-state index >= 15 is 0 Å². The quantitative estimate of drug-likeness (QED) is 0.856. The Labute approximate surface area is 96.2 Å². The van der Waals surface area contributed by atoms with Gasteiger partial charge in [-0.1, -0.05) is 28.1 Å². The SMILES string of the molecule is Cc1ccc(C(=O)CCC(=O)O)c(Br)c1. The largest absolute Gasteiger partial charge is 0.481 e. The van der Waals surface area contributed by atoms with Gasteiger partial charge in [0.05, 0.1) is 6.42 Å². The average molecular weight is 271 g/mol. The Morgan fingerprint density at radius 3 is 2.53 bits per heavy atom. The smallest absolute Gasteiger partial charge is 0.303 e. The van der Waals surface area contributed by atoms with Gasteiger partial charge in [-0.2, -0.15) is 0 Å². The van der Waals surface area contributed by atoms with Crippen LogP contribution in [-0.4, -0.2) is 16.9 Å². The first-order valence-electron chi connectivity index (χ1n) is 4.52. The minimum atomic E-state index is -0.952. The van der Waals surface area contributed by atoms with Crippen LogP contribution in [0.15, 0.2) is 22.7 Å². The number of carbonyl (C=O) groups excluding carboxylic acids is 1. The minimum absolute atomic E-state index is 0.0387. The van der Waals surface area contributed by atoms with Gasteiger partial charge in [0, 0.05) is 16.5 Å². The van der Waals surface area contributed by atoms with Crippen LogP contribution in [0.2, 0.25) is 0 Å². The van der Waals surface area contributed by atoms with Gasteiger partial charge in [0.25, 0.3) is 0 Å². The van der Waals surface area contributed by atoms with Gasteiger partial charge in [-0.3, -0.25) is 9.59 Å². The highest BCUT2D eigenvalue weighted by molar-refractivity contribution is 9.10. The molecular formula is C11H11BrO3. The molecule has 0 aromatic heterocycles. The van der Waals surface area contributed by atoms with Crippen molar-refractivity contribution in [3.8, 4) is 0 Å². The molecule has 15 heavy (non-hydrogen) atoms. The van der Waals surface area contributed by atoms with Crippen molar-refractivity contribution in [2.75, 3.05) is 0 Å². The maximum Gasteiger partial charge on any atom is 0.303 e. The van der Waals surface area contributed by atoms with Crippen molar-refractivity contribution in [2.45, 2.75) is 19.8 Å². The molecule has 0 amide bonds. The van der Waals surface area contributed by atoms with Crippen molar-refractivity contribution in [3.63, 3.8) is 0 Å². The number of aliphatic carboxylic acids is 1. The highest BCUT2D eigenvalue weighted by Gasteiger charge is 2.11. The topological polar surface area (TPSA) is 54.4 Å². The maximum absolute atomic E-state index is 11.6. The molecule has 0 radical (unpaired) electrons. The van der Waals surface area contributed by atoms with Crippen LogP contribution in [0.4, 0.5) is 0 Å². The van der Waals surface area contributed by atoms with E-state index in [2.05, 4.69) is 15.9 Å². The summed E-state index contributed by atoms with van der Waals surface area (Å²) in [6.07, 6.45) is -0.0872. The molecule has 1 N–H and O–H groups in total. The maximum atomic E-state index is 11.6. The molecule has 0 spiro atoms. The van der Waals surface area contributed by atoms with Crippen LogP contribution >= 0.6 is 15.9 Å². The number of hydrogen-bond acceptors (Lipinski definition) is 2. The second kappa shape index (κ2) is 5.07. The molecule has 0 saturated heterocycles. The Bertz CT molecular complexity index is 399. The summed E-state index contributed by atoms with van der Waals surface area (Å²) in [6, 6.07) is 5.39. The van der Waals surface area contributed by atoms with Gasteiger partial charge in [-0.15, -0.1) is 0 Å². The first-order valence-corrected chi connectivity index (χ1v) is 5.31. The Balaban J connectivity index is 2.78. The number of ketones is 1. The van der Waals surface area contributed by atoms with Crippen molar-refractivity contribution in [1.82, 2.24) is 0 Å². The third kappa shape index (κ3) is 3.47. The van der Waals surface area contributed by atoms with Gasteiger partial charge in [-0.05, 0) is 18.6 Å². The lowest BCUT2D eigenvalue weighted by Gasteiger charge is -2.03. The summed E-state index contributed by atoms with van der Waals surface area (Å²) in [5.74, 6) is -1.10. The number of aryl methyl sites for hydroxylation is 1. The Morgan fingerprint density at radius 1 is 1.33 bits per heavy atom. The third-order valence-corrected chi connectivity index (χ3v) is 2.65. The van der Waals surface area contributed by atoms with E-state index in [1.54, 1.807) is 6.07 Å². The summed E-state index contributed by atoms with van der Waals surface area (Å²) in [4.78, 5) is 21.9. The molecule has 1 aromatic rings. The molecule has 0 heterocycles. The van der Waals surface area contributed by atoms with E-state index in [4.69, 9.17) is 5.11 Å². The monoisotopic (exact) mass is 270 g/mol. The van der Waals surface area contributed by atoms with Crippen LogP contribution in [0.3, 0.4) is 0 Å². The Hall–Kier alpha value is -1.16. The molecule has 0 aliphatic carbocycles. The number of carboxylic acid groups (broad SMARTS) is 1. The predicted molar refractivity (Wildman–Crippen MR) is 60.1 cm³/mol. The first-order chi connectivity index (χ1) is 7.00. The minimum Gasteiger partial charge on any atom is -0.481 e. The van der Waals surface area contributed by atoms with E-state index in [9.17, 15) is 9.59 Å². The Kier molecular flexibility index (Phi) is 4.03. The molecule has 1 aromatic carbocycles. The highest BCUT2D eigenvalue weighted by atomic mass is 79.9. The van der Waals surface area contributed by atoms with E-state index in [-0.39, 0.29) is 18.6 Å². The first kappa shape index (κ1) is 11.9. The van der Waals surface area contributed by atoms with Crippen LogP contribution in [0.1, 0.15) is 28.8 Å². The van der Waals surface area contributed by atoms with E-state index < -0.39 is 5.97 Å². The zero-order valence-corrected chi connectivity index (χ0v) is 9.87. The normalized spacial score (nSPS) is 10.0. The van der Waals surface area contributed by atoms with Crippen LogP contribution in [0.5, 0.6) is 0 Å². The van der Waals surface area contributed by atoms with E-state index in [1.165, 1.54) is 0 Å². The summed E-state index contributed by atoms with van der Waals surface area (Å²) < 4.78 is 0.720. The number of carboxylic acids is 1. The lowest BCUT2D eigenvalue weighted by atomic mass is 10.1. The summed E-state index contributed by atoms with van der Waals surface area (Å²) >= 11 is 3.29. The molecule has 0 unspecified atom stereocenters. The van der Waals surface area contributed by atoms with Crippen molar-refractivity contribution in [2.24, 2.45) is 0 Å². The van der Waals surface area contributed by atoms with Gasteiger partial charge in [-0.25, -0.2) is 0 Å². The summed E-state index contributed by atoms with van der Waals surface area (Å²) in [7, 11) is 0. The number of Topliss-reactive ketones (excluding diaryl/α,β-unsaturated/α-hetero) is 1. The van der Waals surface area contributed by atoms with Crippen LogP contribution < -0.4 is 0 Å². The lowest BCUT2D eigenvalue weighted by molar-refractivity contribution is -0.136. The number of benzene rings is 1. The standard InChI is InChI=1S/C11H11BrO3/c1-7-2-3-8(9(12)6-7)10(13)4-5-11(14)15/h2-3,6H,4-5H2,1H3,(H,14,15). The molecule has 0 bridgehead atoms. The molecule has 0 aliphatic heterocycles. The summed E-state index contributed by atoms with van der Waals surface area (Å²) in [6.45, 7) is 1.93. The number of carbonyl (C=O) groups is 2. The summed E-state index contributed by atoms with van der Waals surface area (Å²) in [5, 5.41) is 8.46. The zero-order chi connectivity index (χ0) is 11.4. The van der Waals surface area contributed by atoms with Crippen LogP contribution in [0.25, 0.3) is 0 Å². The second-order valence-corrected chi connectivity index (χ2v) is 4.15. The molecule has 0 aliphatic rings. The lowest BCUT2D eigenvalue weighted by Crippen LogP contribution is -2.04. The predicted octanol–water partition coefficient (Wildman–Crippen LogP) is 2.81. The fraction of sp³-hybridized carbons (Fsp3) is 0.273. The van der Waals surface area contributed by atoms with Crippen LogP contribution in [0, 0.1) is 6.92 Å². The number of halogens is 1. The third-order valence-electron chi connectivity index (χ3n) is 1.99. The molecule has 0 saturated carbocycles. The Morgan fingerprint density at radius 2 is 2.00 bits per heavy atom. The molecule has 0 atom stereocenters. The van der Waals surface area contributed by atoms with Crippen molar-refractivity contribution in [3.05, 3.63) is 33.8 Å². The second-order valence-electron chi connectivity index (χ2n) is 3.30. The summed E-state index contributed by atoms with van der Waals surface area (Å²) in [5.41, 5.74) is 1.60. The molecular weight excluding hydrogens is 260 g/mol. The van der Waals surface area contributed by atoms with Gasteiger partial charge in [0.2, 0.25) is 0 Å². The molecule has 4 heteroatoms. The fourth-order valence-corrected chi connectivity index (χ4v) is 1.92. The number of rotatable bonds is 4. The fourth-order valence-electron chi connectivity index (χ4n) is 1.20. The molecule has 3 nitrogen and oxygen atoms in total. The highest BCUT2D eigenvalue weighted by Crippen LogP contribution is 2.20. The van der Waals surface area contributed by atoms with Gasteiger partial charge >= 0.3 is 5.97 Å². The zero-order valence-electron chi connectivity index (χ0n) is 8.29. The number of hydrogen-bond donors (Lipinski definition) is 1. The average Bonchev–Trinajstić information content (AvgIpc) is 2.14. The molecule has 1 rings (SSSR count). The van der Waals surface area contributed by atoms with Gasteiger partial charge < -0.3 is 5.11 Å². The van der Waals surface area contributed by atoms with Crippen molar-refractivity contribution >= 4 is 27.7 Å². The molecule has 0 fully saturated rings. The van der Waals surface area contributed by atoms with Crippen molar-refractivity contribution < 1.29 is 14.7 Å². The van der Waals surface area contributed by atoms with E-state index in [1.807, 2.05) is 19.1 Å².